The number of hydrogen-bond acceptors (Lipinski definition) is 10. The molecule has 2 N–H and O–H groups in total. The summed E-state index contributed by atoms with van der Waals surface area (Å²) in [7, 11) is -14.1. The highest BCUT2D eigenvalue weighted by Gasteiger charge is 2.83. The average molecular weight is 731 g/mol. The van der Waals surface area contributed by atoms with Crippen LogP contribution >= 0.6 is 0 Å². The number of aliphatic hydroxyl groups is 1. The number of unbranched alkanes of at least 4 members (excludes halogenated alkanes) is 9. The van der Waals surface area contributed by atoms with E-state index in [2.05, 4.69) is 4.18 Å². The predicted octanol–water partition coefficient (Wildman–Crippen LogP) is 6.11. The van der Waals surface area contributed by atoms with Crippen molar-refractivity contribution in [3.05, 3.63) is 29.8 Å². The maximum Gasteiger partial charge on any atom is 0.450 e. The van der Waals surface area contributed by atoms with E-state index in [4.69, 9.17) is 14.0 Å². The number of carbonyl (C=O) groups is 2. The Morgan fingerprint density at radius 2 is 1.17 bits per heavy atom. The molecule has 2 atom stereocenters. The molecular weight excluding hydrogens is 690 g/mol. The van der Waals surface area contributed by atoms with Crippen molar-refractivity contribution in [3.63, 3.8) is 0 Å². The first kappa shape index (κ1) is 42.4. The summed E-state index contributed by atoms with van der Waals surface area (Å²) in [4.78, 5) is 24.0. The largest absolute Gasteiger partial charge is 0.465 e. The van der Waals surface area contributed by atoms with E-state index in [0.29, 0.717) is 31.6 Å². The van der Waals surface area contributed by atoms with Gasteiger partial charge in [-0.2, -0.15) is 43.2 Å². The molecule has 0 aliphatic carbocycles. The molecule has 0 spiro atoms. The molecule has 11 nitrogen and oxygen atoms in total. The number of rotatable bonds is 23. The Bertz CT molecular complexity index is 1350. The molecule has 0 saturated carbocycles. The van der Waals surface area contributed by atoms with Crippen LogP contribution in [-0.4, -0.2) is 74.2 Å². The lowest BCUT2D eigenvalue weighted by Gasteiger charge is -2.29. The zero-order valence-corrected chi connectivity index (χ0v) is 27.4. The highest BCUT2D eigenvalue weighted by atomic mass is 32.2. The Labute approximate surface area is 269 Å². The summed E-state index contributed by atoms with van der Waals surface area (Å²) in [6.07, 6.45) is 8.67. The second-order valence-corrected chi connectivity index (χ2v) is 13.8. The van der Waals surface area contributed by atoms with Gasteiger partial charge in [-0.1, -0.05) is 58.3 Å². The van der Waals surface area contributed by atoms with E-state index < -0.39 is 60.4 Å². The minimum atomic E-state index is -7.17. The molecule has 1 aromatic carbocycles. The third-order valence-corrected chi connectivity index (χ3v) is 9.21. The number of esters is 2. The van der Waals surface area contributed by atoms with Crippen molar-refractivity contribution in [1.82, 2.24) is 0 Å². The van der Waals surface area contributed by atoms with E-state index >= 15 is 0 Å². The fraction of sp³-hybridized carbons (Fsp3) is 0.714. The summed E-state index contributed by atoms with van der Waals surface area (Å²) in [5.41, 5.74) is -0.215. The van der Waals surface area contributed by atoms with Gasteiger partial charge < -0.3 is 18.8 Å². The lowest BCUT2D eigenvalue weighted by atomic mass is 10.0. The van der Waals surface area contributed by atoms with Gasteiger partial charge >= 0.3 is 48.6 Å². The summed E-state index contributed by atoms with van der Waals surface area (Å²) in [5.74, 6) is -10.0. The van der Waals surface area contributed by atoms with Crippen molar-refractivity contribution in [2.45, 2.75) is 107 Å². The molecule has 2 unspecified atom stereocenters. The molecule has 1 aromatic rings. The zero-order valence-electron chi connectivity index (χ0n) is 25.8. The van der Waals surface area contributed by atoms with Crippen LogP contribution in [-0.2, 0) is 34.5 Å². The SMILES string of the molecule is CCC(C(=O)OCCCCCCCCCCCCOC(=O)c1ccc(OS(=O)(=O)C(F)(F)C(F)(F)C(F)(F)S(=O)(=O)O)cc1)C(C)O. The molecule has 47 heavy (non-hydrogen) atoms. The van der Waals surface area contributed by atoms with Crippen LogP contribution in [0.1, 0.15) is 94.8 Å². The van der Waals surface area contributed by atoms with E-state index in [1.165, 1.54) is 0 Å². The molecule has 0 amide bonds. The van der Waals surface area contributed by atoms with Gasteiger partial charge in [0.05, 0.1) is 30.8 Å². The third-order valence-electron chi connectivity index (χ3n) is 7.01. The molecule has 0 aliphatic rings. The molecule has 19 heteroatoms. The van der Waals surface area contributed by atoms with Gasteiger partial charge in [-0.15, -0.1) is 0 Å². The smallest absolute Gasteiger partial charge is 0.450 e. The normalized spacial score (nSPS) is 14.3. The molecule has 0 aliphatic heterocycles. The maximum absolute atomic E-state index is 13.9. The third kappa shape index (κ3) is 11.8. The Hall–Kier alpha value is -2.64. The van der Waals surface area contributed by atoms with E-state index in [0.717, 1.165) is 69.9 Å². The molecule has 0 heterocycles. The van der Waals surface area contributed by atoms with E-state index in [9.17, 15) is 57.9 Å². The highest BCUT2D eigenvalue weighted by Crippen LogP contribution is 2.50. The van der Waals surface area contributed by atoms with Crippen molar-refractivity contribution in [3.8, 4) is 5.75 Å². The number of aliphatic hydroxyl groups excluding tert-OH is 1. The Balaban J connectivity index is 2.33. The minimum absolute atomic E-state index is 0.0234. The number of carbonyl (C=O) groups excluding carboxylic acids is 2. The monoisotopic (exact) mass is 730 g/mol. The van der Waals surface area contributed by atoms with Gasteiger partial charge in [-0.3, -0.25) is 9.35 Å². The topological polar surface area (TPSA) is 171 Å². The van der Waals surface area contributed by atoms with Gasteiger partial charge in [-0.25, -0.2) is 4.79 Å². The van der Waals surface area contributed by atoms with Crippen LogP contribution in [0.15, 0.2) is 24.3 Å². The van der Waals surface area contributed by atoms with Crippen molar-refractivity contribution >= 4 is 32.2 Å². The van der Waals surface area contributed by atoms with Gasteiger partial charge in [0, 0.05) is 0 Å². The van der Waals surface area contributed by atoms with Crippen LogP contribution < -0.4 is 4.18 Å². The number of benzene rings is 1. The van der Waals surface area contributed by atoms with E-state index in [1.54, 1.807) is 6.92 Å². The lowest BCUT2D eigenvalue weighted by molar-refractivity contribution is -0.247. The standard InChI is InChI=1S/C28H40F6O11S2/c1-3-23(20(2)35)25(37)44-19-13-11-9-7-5-4-6-8-10-12-18-43-24(36)21-14-16-22(17-15-21)45-47(41,42)28(33,34)26(29,30)27(31,32)46(38,39)40/h14-17,20,23,35H,3-13,18-19H2,1-2H3,(H,38,39,40). The van der Waals surface area contributed by atoms with Crippen LogP contribution in [0.25, 0.3) is 0 Å². The minimum Gasteiger partial charge on any atom is -0.465 e. The summed E-state index contributed by atoms with van der Waals surface area (Å²) >= 11 is 0. The van der Waals surface area contributed by atoms with Crippen LogP contribution in [0.5, 0.6) is 5.75 Å². The second-order valence-electron chi connectivity index (χ2n) is 10.7. The fourth-order valence-corrected chi connectivity index (χ4v) is 5.59. The summed E-state index contributed by atoms with van der Waals surface area (Å²) in [5, 5.41) is -4.17. The molecule has 0 fully saturated rings. The first-order chi connectivity index (χ1) is 21.6. The van der Waals surface area contributed by atoms with Crippen molar-refractivity contribution in [1.29, 1.82) is 0 Å². The van der Waals surface area contributed by atoms with E-state index in [1.807, 2.05) is 6.92 Å². The van der Waals surface area contributed by atoms with Crippen molar-refractivity contribution in [2.24, 2.45) is 5.92 Å². The fourth-order valence-electron chi connectivity index (χ4n) is 4.17. The molecule has 0 saturated heterocycles. The van der Waals surface area contributed by atoms with Gasteiger partial charge in [0.1, 0.15) is 5.75 Å². The number of hydrogen-bond donors (Lipinski definition) is 2. The Morgan fingerprint density at radius 3 is 1.57 bits per heavy atom. The molecule has 1 rings (SSSR count). The first-order valence-corrected chi connectivity index (χ1v) is 17.6. The van der Waals surface area contributed by atoms with Gasteiger partial charge in [0.15, 0.2) is 0 Å². The molecule has 272 valence electrons. The first-order valence-electron chi connectivity index (χ1n) is 14.8. The summed E-state index contributed by atoms with van der Waals surface area (Å²) in [6.45, 7) is 3.73. The molecule has 0 aromatic heterocycles. The molecule has 0 bridgehead atoms. The lowest BCUT2D eigenvalue weighted by Crippen LogP contribution is -2.61. The number of ether oxygens (including phenoxy) is 2. The quantitative estimate of drug-likeness (QED) is 0.0438. The zero-order chi connectivity index (χ0) is 36.1. The van der Waals surface area contributed by atoms with E-state index in [-0.39, 0.29) is 18.1 Å². The van der Waals surface area contributed by atoms with Crippen LogP contribution in [0.4, 0.5) is 26.3 Å². The highest BCUT2D eigenvalue weighted by molar-refractivity contribution is 7.88. The molecular formula is C28H40F6O11S2. The van der Waals surface area contributed by atoms with Crippen LogP contribution in [0, 0.1) is 5.92 Å². The summed E-state index contributed by atoms with van der Waals surface area (Å²) in [6, 6.07) is 2.78. The number of alkyl halides is 6. The van der Waals surface area contributed by atoms with Gasteiger partial charge in [-0.05, 0) is 50.5 Å². The maximum atomic E-state index is 13.9. The van der Waals surface area contributed by atoms with Crippen molar-refractivity contribution in [2.75, 3.05) is 13.2 Å². The van der Waals surface area contributed by atoms with Crippen LogP contribution in [0.3, 0.4) is 0 Å². The summed E-state index contributed by atoms with van der Waals surface area (Å²) < 4.78 is 148. The van der Waals surface area contributed by atoms with Crippen LogP contribution in [0.2, 0.25) is 0 Å². The molecule has 0 radical (unpaired) electrons. The second kappa shape index (κ2) is 18.2. The van der Waals surface area contributed by atoms with Crippen molar-refractivity contribution < 1.29 is 76.1 Å². The average Bonchev–Trinajstić information content (AvgIpc) is 2.96. The van der Waals surface area contributed by atoms with Gasteiger partial charge in [0.2, 0.25) is 0 Å². The number of halogens is 6. The Morgan fingerprint density at radius 1 is 0.745 bits per heavy atom. The predicted molar refractivity (Wildman–Crippen MR) is 155 cm³/mol. The van der Waals surface area contributed by atoms with Gasteiger partial charge in [0.25, 0.3) is 0 Å². The Kier molecular flexibility index (Phi) is 16.4.